The number of nitrogens with one attached hydrogen (secondary N) is 2. The average molecular weight is 381 g/mol. The summed E-state index contributed by atoms with van der Waals surface area (Å²) in [4.78, 5) is 26.9. The summed E-state index contributed by atoms with van der Waals surface area (Å²) in [6.45, 7) is 5.61. The second kappa shape index (κ2) is 9.37. The smallest absolute Gasteiger partial charge is 0.411 e. The molecule has 0 radical (unpaired) electrons. The Morgan fingerprint density at radius 2 is 1.79 bits per heavy atom. The van der Waals surface area contributed by atoms with Gasteiger partial charge in [-0.1, -0.05) is 36.4 Å². The van der Waals surface area contributed by atoms with E-state index >= 15 is 0 Å². The third kappa shape index (κ3) is 4.89. The van der Waals surface area contributed by atoms with E-state index in [0.717, 1.165) is 31.5 Å². The fraction of sp³-hybridized carbons (Fsp3) is 0.364. The van der Waals surface area contributed by atoms with E-state index in [-0.39, 0.29) is 11.9 Å². The molecule has 0 spiro atoms. The first kappa shape index (κ1) is 19.9. The van der Waals surface area contributed by atoms with Crippen LogP contribution in [0.15, 0.2) is 48.5 Å². The molecule has 28 heavy (non-hydrogen) atoms. The number of nitrogens with zero attached hydrogens (tertiary/aromatic N) is 1. The van der Waals surface area contributed by atoms with Crippen molar-refractivity contribution in [2.75, 3.05) is 23.8 Å². The van der Waals surface area contributed by atoms with Crippen LogP contribution in [-0.2, 0) is 16.1 Å². The predicted molar refractivity (Wildman–Crippen MR) is 110 cm³/mol. The Bertz CT molecular complexity index is 823. The van der Waals surface area contributed by atoms with Gasteiger partial charge < -0.3 is 10.1 Å². The van der Waals surface area contributed by atoms with Crippen LogP contribution in [0.5, 0.6) is 0 Å². The van der Waals surface area contributed by atoms with Gasteiger partial charge in [-0.15, -0.1) is 0 Å². The van der Waals surface area contributed by atoms with E-state index in [1.165, 1.54) is 5.56 Å². The third-order valence-corrected chi connectivity index (χ3v) is 5.00. The highest BCUT2D eigenvalue weighted by atomic mass is 16.5. The van der Waals surface area contributed by atoms with Gasteiger partial charge in [0.25, 0.3) is 0 Å². The Labute approximate surface area is 165 Å². The summed E-state index contributed by atoms with van der Waals surface area (Å²) in [5.74, 6) is -0.00943. The molecule has 1 atom stereocenters. The Hall–Kier alpha value is -2.86. The molecule has 3 rings (SSSR count). The Morgan fingerprint density at radius 3 is 2.50 bits per heavy atom. The van der Waals surface area contributed by atoms with Gasteiger partial charge in [-0.3, -0.25) is 15.0 Å². The lowest BCUT2D eigenvalue weighted by Gasteiger charge is -2.24. The van der Waals surface area contributed by atoms with Crippen molar-refractivity contribution in [3.8, 4) is 0 Å². The van der Waals surface area contributed by atoms with E-state index in [0.29, 0.717) is 18.0 Å². The zero-order valence-corrected chi connectivity index (χ0v) is 16.4. The highest BCUT2D eigenvalue weighted by molar-refractivity contribution is 5.97. The van der Waals surface area contributed by atoms with Gasteiger partial charge in [-0.2, -0.15) is 0 Å². The second-order valence-electron chi connectivity index (χ2n) is 6.93. The minimum Gasteiger partial charge on any atom is -0.450 e. The number of hydrogen-bond acceptors (Lipinski definition) is 4. The summed E-state index contributed by atoms with van der Waals surface area (Å²) in [5.41, 5.74) is 3.34. The Balaban J connectivity index is 1.67. The molecule has 0 saturated carbocycles. The molecule has 6 nitrogen and oxygen atoms in total. The Morgan fingerprint density at radius 1 is 1.07 bits per heavy atom. The normalized spacial score (nSPS) is 16.6. The minimum atomic E-state index is -0.501. The molecular weight excluding hydrogens is 354 g/mol. The maximum absolute atomic E-state index is 12.9. The standard InChI is InChI=1S/C22H27N3O3/c1-3-28-22(27)24-19-12-7-11-18(16(19)2)23-21(26)20-13-8-14-25(20)15-17-9-5-4-6-10-17/h4-7,9-12,20H,3,8,13-15H2,1-2H3,(H,23,26)(H,24,27). The zero-order chi connectivity index (χ0) is 19.9. The van der Waals surface area contributed by atoms with E-state index in [1.807, 2.05) is 31.2 Å². The molecule has 1 aliphatic rings. The number of carbonyl (C=O) groups is 2. The molecule has 1 saturated heterocycles. The first-order valence-corrected chi connectivity index (χ1v) is 9.70. The van der Waals surface area contributed by atoms with Gasteiger partial charge >= 0.3 is 6.09 Å². The lowest BCUT2D eigenvalue weighted by molar-refractivity contribution is -0.120. The SMILES string of the molecule is CCOC(=O)Nc1cccc(NC(=O)C2CCCN2Cc2ccccc2)c1C. The highest BCUT2D eigenvalue weighted by Gasteiger charge is 2.30. The Kier molecular flexibility index (Phi) is 6.66. The van der Waals surface area contributed by atoms with Crippen LogP contribution in [0.3, 0.4) is 0 Å². The maximum Gasteiger partial charge on any atom is 0.411 e. The van der Waals surface area contributed by atoms with E-state index in [4.69, 9.17) is 4.74 Å². The largest absolute Gasteiger partial charge is 0.450 e. The number of benzene rings is 2. The number of anilines is 2. The van der Waals surface area contributed by atoms with Crippen molar-refractivity contribution < 1.29 is 14.3 Å². The van der Waals surface area contributed by atoms with Gasteiger partial charge in [0.1, 0.15) is 0 Å². The molecule has 0 aliphatic carbocycles. The number of hydrogen-bond donors (Lipinski definition) is 2. The molecule has 1 heterocycles. The summed E-state index contributed by atoms with van der Waals surface area (Å²) < 4.78 is 4.93. The van der Waals surface area contributed by atoms with Gasteiger partial charge in [-0.05, 0) is 56.5 Å². The number of carbonyl (C=O) groups excluding carboxylic acids is 2. The summed E-state index contributed by atoms with van der Waals surface area (Å²) >= 11 is 0. The molecule has 2 aromatic carbocycles. The molecule has 2 amide bonds. The van der Waals surface area contributed by atoms with Gasteiger partial charge in [0.05, 0.1) is 12.6 Å². The van der Waals surface area contributed by atoms with Crippen molar-refractivity contribution in [3.63, 3.8) is 0 Å². The van der Waals surface area contributed by atoms with Crippen molar-refractivity contribution in [2.45, 2.75) is 39.3 Å². The molecule has 6 heteroatoms. The number of amides is 2. The van der Waals surface area contributed by atoms with Crippen molar-refractivity contribution in [3.05, 3.63) is 59.7 Å². The fourth-order valence-corrected chi connectivity index (χ4v) is 3.53. The first-order valence-electron chi connectivity index (χ1n) is 9.70. The van der Waals surface area contributed by atoms with Crippen LogP contribution in [0.25, 0.3) is 0 Å². The molecule has 2 N–H and O–H groups in total. The number of likely N-dealkylation sites (tertiary alicyclic amines) is 1. The van der Waals surface area contributed by atoms with Crippen LogP contribution >= 0.6 is 0 Å². The van der Waals surface area contributed by atoms with Gasteiger partial charge in [0.2, 0.25) is 5.91 Å². The molecular formula is C22H27N3O3. The quantitative estimate of drug-likeness (QED) is 0.788. The predicted octanol–water partition coefficient (Wildman–Crippen LogP) is 4.17. The van der Waals surface area contributed by atoms with Crippen LogP contribution in [0, 0.1) is 6.92 Å². The summed E-state index contributed by atoms with van der Waals surface area (Å²) in [5, 5.41) is 5.75. The molecule has 1 unspecified atom stereocenters. The lowest BCUT2D eigenvalue weighted by Crippen LogP contribution is -2.39. The summed E-state index contributed by atoms with van der Waals surface area (Å²) in [6, 6.07) is 15.5. The van der Waals surface area contributed by atoms with Gasteiger partial charge in [0.15, 0.2) is 0 Å². The van der Waals surface area contributed by atoms with E-state index < -0.39 is 6.09 Å². The molecule has 0 aromatic heterocycles. The summed E-state index contributed by atoms with van der Waals surface area (Å²) in [6.07, 6.45) is 1.35. The van der Waals surface area contributed by atoms with Crippen molar-refractivity contribution in [1.29, 1.82) is 0 Å². The number of ether oxygens (including phenoxy) is 1. The molecule has 2 aromatic rings. The van der Waals surface area contributed by atoms with E-state index in [9.17, 15) is 9.59 Å². The topological polar surface area (TPSA) is 70.7 Å². The van der Waals surface area contributed by atoms with Crippen LogP contribution in [0.4, 0.5) is 16.2 Å². The molecule has 148 valence electrons. The van der Waals surface area contributed by atoms with E-state index in [1.54, 1.807) is 19.1 Å². The van der Waals surface area contributed by atoms with Crippen LogP contribution in [0.2, 0.25) is 0 Å². The monoisotopic (exact) mass is 381 g/mol. The maximum atomic E-state index is 12.9. The van der Waals surface area contributed by atoms with Crippen LogP contribution < -0.4 is 10.6 Å². The van der Waals surface area contributed by atoms with Gasteiger partial charge in [-0.25, -0.2) is 4.79 Å². The summed E-state index contributed by atoms with van der Waals surface area (Å²) in [7, 11) is 0. The lowest BCUT2D eigenvalue weighted by atomic mass is 10.1. The zero-order valence-electron chi connectivity index (χ0n) is 16.4. The van der Waals surface area contributed by atoms with Crippen molar-refractivity contribution >= 4 is 23.4 Å². The third-order valence-electron chi connectivity index (χ3n) is 5.00. The van der Waals surface area contributed by atoms with E-state index in [2.05, 4.69) is 27.7 Å². The fourth-order valence-electron chi connectivity index (χ4n) is 3.53. The van der Waals surface area contributed by atoms with Crippen molar-refractivity contribution in [1.82, 2.24) is 4.90 Å². The second-order valence-corrected chi connectivity index (χ2v) is 6.93. The molecule has 0 bridgehead atoms. The van der Waals surface area contributed by atoms with Crippen molar-refractivity contribution in [2.24, 2.45) is 0 Å². The number of rotatable bonds is 6. The van der Waals surface area contributed by atoms with Gasteiger partial charge in [0, 0.05) is 17.9 Å². The molecule has 1 fully saturated rings. The highest BCUT2D eigenvalue weighted by Crippen LogP contribution is 2.26. The molecule has 1 aliphatic heterocycles. The van der Waals surface area contributed by atoms with Crippen LogP contribution in [-0.4, -0.2) is 36.1 Å². The van der Waals surface area contributed by atoms with Crippen LogP contribution in [0.1, 0.15) is 30.9 Å². The average Bonchev–Trinajstić information content (AvgIpc) is 3.14. The minimum absolute atomic E-state index is 0.00943. The first-order chi connectivity index (χ1) is 13.6.